The van der Waals surface area contributed by atoms with Crippen LogP contribution in [0.5, 0.6) is 0 Å². The lowest BCUT2D eigenvalue weighted by Crippen LogP contribution is -2.26. The molecule has 1 heterocycles. The SMILES string of the molecule is OCCN1C[C@H]2c3ccccc3C(OCC3CC3)[C@@H]2C1. The zero-order valence-electron chi connectivity index (χ0n) is 11.9. The van der Waals surface area contributed by atoms with Gasteiger partial charge >= 0.3 is 0 Å². The summed E-state index contributed by atoms with van der Waals surface area (Å²) in [6, 6.07) is 8.81. The van der Waals surface area contributed by atoms with E-state index in [1.54, 1.807) is 0 Å². The second-order valence-corrected chi connectivity index (χ2v) is 6.58. The minimum Gasteiger partial charge on any atom is -0.395 e. The molecule has 0 spiro atoms. The first-order chi connectivity index (χ1) is 9.86. The van der Waals surface area contributed by atoms with Crippen LogP contribution in [0.1, 0.15) is 36.0 Å². The van der Waals surface area contributed by atoms with Gasteiger partial charge in [-0.3, -0.25) is 0 Å². The van der Waals surface area contributed by atoms with Gasteiger partial charge in [0.25, 0.3) is 0 Å². The first kappa shape index (κ1) is 12.8. The topological polar surface area (TPSA) is 32.7 Å². The van der Waals surface area contributed by atoms with Gasteiger partial charge in [0.15, 0.2) is 0 Å². The Labute approximate surface area is 120 Å². The molecule has 1 aliphatic heterocycles. The summed E-state index contributed by atoms with van der Waals surface area (Å²) in [4.78, 5) is 2.39. The number of nitrogens with zero attached hydrogens (tertiary/aromatic N) is 1. The molecule has 3 aliphatic rings. The van der Waals surface area contributed by atoms with Crippen LogP contribution in [0.3, 0.4) is 0 Å². The third-order valence-electron chi connectivity index (χ3n) is 5.16. The number of hydrogen-bond donors (Lipinski definition) is 1. The summed E-state index contributed by atoms with van der Waals surface area (Å²) in [5.74, 6) is 2.00. The number of likely N-dealkylation sites (tertiary alicyclic amines) is 1. The Morgan fingerprint density at radius 1 is 1.15 bits per heavy atom. The number of fused-ring (bicyclic) bond motifs is 3. The lowest BCUT2D eigenvalue weighted by Gasteiger charge is -2.21. The highest BCUT2D eigenvalue weighted by Gasteiger charge is 2.46. The van der Waals surface area contributed by atoms with E-state index < -0.39 is 0 Å². The minimum absolute atomic E-state index is 0.259. The van der Waals surface area contributed by atoms with Gasteiger partial charge in [-0.05, 0) is 29.9 Å². The molecule has 0 amide bonds. The molecule has 3 atom stereocenters. The molecule has 1 aromatic rings. The second kappa shape index (κ2) is 5.14. The Morgan fingerprint density at radius 3 is 2.70 bits per heavy atom. The Bertz CT molecular complexity index is 486. The monoisotopic (exact) mass is 273 g/mol. The third-order valence-corrected chi connectivity index (χ3v) is 5.16. The zero-order chi connectivity index (χ0) is 13.5. The molecule has 1 saturated heterocycles. The summed E-state index contributed by atoms with van der Waals surface area (Å²) in [6.07, 6.45) is 2.97. The van der Waals surface area contributed by atoms with Gasteiger partial charge in [-0.15, -0.1) is 0 Å². The van der Waals surface area contributed by atoms with Gasteiger partial charge in [-0.2, -0.15) is 0 Å². The van der Waals surface area contributed by atoms with Crippen LogP contribution in [0.4, 0.5) is 0 Å². The van der Waals surface area contributed by atoms with E-state index in [1.807, 2.05) is 0 Å². The molecular formula is C17H23NO2. The van der Waals surface area contributed by atoms with Crippen LogP contribution in [0, 0.1) is 11.8 Å². The van der Waals surface area contributed by atoms with E-state index in [-0.39, 0.29) is 12.7 Å². The Balaban J connectivity index is 1.56. The van der Waals surface area contributed by atoms with Crippen molar-refractivity contribution in [2.45, 2.75) is 24.9 Å². The van der Waals surface area contributed by atoms with Crippen molar-refractivity contribution in [2.24, 2.45) is 11.8 Å². The van der Waals surface area contributed by atoms with Crippen molar-refractivity contribution in [2.75, 3.05) is 32.8 Å². The summed E-state index contributed by atoms with van der Waals surface area (Å²) in [5, 5.41) is 9.16. The van der Waals surface area contributed by atoms with Crippen molar-refractivity contribution in [1.82, 2.24) is 4.90 Å². The van der Waals surface area contributed by atoms with Crippen molar-refractivity contribution in [1.29, 1.82) is 0 Å². The van der Waals surface area contributed by atoms with Crippen molar-refractivity contribution in [3.05, 3.63) is 35.4 Å². The second-order valence-electron chi connectivity index (χ2n) is 6.58. The van der Waals surface area contributed by atoms with Gasteiger partial charge in [0.05, 0.1) is 19.3 Å². The Morgan fingerprint density at radius 2 is 1.95 bits per heavy atom. The zero-order valence-corrected chi connectivity index (χ0v) is 11.9. The highest BCUT2D eigenvalue weighted by atomic mass is 16.5. The van der Waals surface area contributed by atoms with Crippen molar-refractivity contribution in [3.63, 3.8) is 0 Å². The number of rotatable bonds is 5. The van der Waals surface area contributed by atoms with E-state index in [4.69, 9.17) is 9.84 Å². The Hall–Kier alpha value is -0.900. The number of hydrogen-bond acceptors (Lipinski definition) is 3. The summed E-state index contributed by atoms with van der Waals surface area (Å²) in [6.45, 7) is 4.13. The first-order valence-electron chi connectivity index (χ1n) is 7.90. The van der Waals surface area contributed by atoms with E-state index >= 15 is 0 Å². The molecule has 0 bridgehead atoms. The van der Waals surface area contributed by atoms with E-state index in [2.05, 4.69) is 29.2 Å². The average molecular weight is 273 g/mol. The fraction of sp³-hybridized carbons (Fsp3) is 0.647. The number of β-amino-alcohol motifs (C(OH)–C–C–N with tert-alkyl or cyclic N) is 1. The van der Waals surface area contributed by atoms with Crippen LogP contribution < -0.4 is 0 Å². The van der Waals surface area contributed by atoms with Crippen LogP contribution in [0.25, 0.3) is 0 Å². The van der Waals surface area contributed by atoms with Gasteiger partial charge in [0.1, 0.15) is 0 Å². The molecular weight excluding hydrogens is 250 g/mol. The van der Waals surface area contributed by atoms with Gasteiger partial charge in [0.2, 0.25) is 0 Å². The lowest BCUT2D eigenvalue weighted by atomic mass is 9.96. The summed E-state index contributed by atoms with van der Waals surface area (Å²) >= 11 is 0. The molecule has 108 valence electrons. The smallest absolute Gasteiger partial charge is 0.0874 e. The van der Waals surface area contributed by atoms with Gasteiger partial charge in [-0.1, -0.05) is 24.3 Å². The molecule has 20 heavy (non-hydrogen) atoms. The number of ether oxygens (including phenoxy) is 1. The molecule has 1 aromatic carbocycles. The van der Waals surface area contributed by atoms with Crippen molar-refractivity contribution in [3.8, 4) is 0 Å². The number of benzene rings is 1. The van der Waals surface area contributed by atoms with Crippen molar-refractivity contribution >= 4 is 0 Å². The maximum Gasteiger partial charge on any atom is 0.0874 e. The maximum absolute atomic E-state index is 9.16. The molecule has 3 nitrogen and oxygen atoms in total. The first-order valence-corrected chi connectivity index (χ1v) is 7.90. The molecule has 1 unspecified atom stereocenters. The Kier molecular flexibility index (Phi) is 3.29. The maximum atomic E-state index is 9.16. The molecule has 3 heteroatoms. The minimum atomic E-state index is 0.259. The molecule has 4 rings (SSSR count). The summed E-state index contributed by atoms with van der Waals surface area (Å²) in [5.41, 5.74) is 2.91. The van der Waals surface area contributed by atoms with Crippen LogP contribution in [0.2, 0.25) is 0 Å². The number of aliphatic hydroxyl groups is 1. The quantitative estimate of drug-likeness (QED) is 0.892. The van der Waals surface area contributed by atoms with Crippen LogP contribution >= 0.6 is 0 Å². The fourth-order valence-electron chi connectivity index (χ4n) is 3.95. The molecule has 2 aliphatic carbocycles. The lowest BCUT2D eigenvalue weighted by molar-refractivity contribution is 0.0120. The summed E-state index contributed by atoms with van der Waals surface area (Å²) in [7, 11) is 0. The third kappa shape index (κ3) is 2.18. The normalized spacial score (nSPS) is 32.4. The van der Waals surface area contributed by atoms with Crippen LogP contribution in [-0.2, 0) is 4.74 Å². The van der Waals surface area contributed by atoms with E-state index in [0.29, 0.717) is 11.8 Å². The van der Waals surface area contributed by atoms with E-state index in [9.17, 15) is 0 Å². The predicted molar refractivity (Wildman–Crippen MR) is 77.6 cm³/mol. The molecule has 1 saturated carbocycles. The van der Waals surface area contributed by atoms with E-state index in [0.717, 1.165) is 32.2 Å². The summed E-state index contributed by atoms with van der Waals surface area (Å²) < 4.78 is 6.30. The highest BCUT2D eigenvalue weighted by Crippen LogP contribution is 2.51. The van der Waals surface area contributed by atoms with Crippen LogP contribution in [0.15, 0.2) is 24.3 Å². The molecule has 0 radical (unpaired) electrons. The van der Waals surface area contributed by atoms with Gasteiger partial charge in [0, 0.05) is 31.5 Å². The van der Waals surface area contributed by atoms with Gasteiger partial charge < -0.3 is 14.7 Å². The van der Waals surface area contributed by atoms with E-state index in [1.165, 1.54) is 24.0 Å². The standard InChI is InChI=1S/C17H23NO2/c19-8-7-18-9-15-13-3-1-2-4-14(13)17(16(15)10-18)20-11-12-5-6-12/h1-4,12,15-17,19H,5-11H2/t15-,16+,17?/m0/s1. The average Bonchev–Trinajstić information content (AvgIpc) is 3.13. The largest absolute Gasteiger partial charge is 0.395 e. The molecule has 2 fully saturated rings. The van der Waals surface area contributed by atoms with Gasteiger partial charge in [-0.25, -0.2) is 0 Å². The fourth-order valence-corrected chi connectivity index (χ4v) is 3.95. The molecule has 1 N–H and O–H groups in total. The van der Waals surface area contributed by atoms with Crippen molar-refractivity contribution < 1.29 is 9.84 Å². The number of aliphatic hydroxyl groups excluding tert-OH is 1. The van der Waals surface area contributed by atoms with Crippen LogP contribution in [-0.4, -0.2) is 42.9 Å². The molecule has 0 aromatic heterocycles. The predicted octanol–water partition coefficient (Wildman–Crippen LogP) is 2.18. The highest BCUT2D eigenvalue weighted by molar-refractivity contribution is 5.40.